The summed E-state index contributed by atoms with van der Waals surface area (Å²) in [4.78, 5) is 72.2. The Hall–Kier alpha value is -5.04. The van der Waals surface area contributed by atoms with Gasteiger partial charge in [-0.2, -0.15) is 0 Å². The minimum atomic E-state index is -1.46. The number of carbonyl (C=O) groups is 5. The average molecular weight is 649 g/mol. The number of rotatable bonds is 17. The van der Waals surface area contributed by atoms with E-state index in [-0.39, 0.29) is 24.7 Å². The van der Waals surface area contributed by atoms with E-state index in [4.69, 9.17) is 22.9 Å². The number of nitrogens with one attached hydrogen (secondary N) is 2. The summed E-state index contributed by atoms with van der Waals surface area (Å²) < 4.78 is 0. The summed E-state index contributed by atoms with van der Waals surface area (Å²) in [5.41, 5.74) is 23.5. The van der Waals surface area contributed by atoms with Gasteiger partial charge in [0, 0.05) is 12.6 Å². The van der Waals surface area contributed by atoms with Crippen molar-refractivity contribution >= 4 is 41.6 Å². The Kier molecular flexibility index (Phi) is 15.3. The Labute approximate surface area is 276 Å². The lowest BCUT2D eigenvalue weighted by atomic mass is 9.97. The fourth-order valence-electron chi connectivity index (χ4n) is 4.80. The van der Waals surface area contributed by atoms with Crippen molar-refractivity contribution in [2.75, 3.05) is 6.54 Å². The van der Waals surface area contributed by atoms with Crippen molar-refractivity contribution in [2.45, 2.75) is 71.1 Å². The highest BCUT2D eigenvalue weighted by atomic mass is 16.2. The monoisotopic (exact) mass is 648 g/mol. The van der Waals surface area contributed by atoms with Crippen LogP contribution in [0.15, 0.2) is 71.7 Å². The Morgan fingerprint density at radius 3 is 1.98 bits per heavy atom. The summed E-state index contributed by atoms with van der Waals surface area (Å²) in [5.74, 6) is -4.38. The van der Waals surface area contributed by atoms with Crippen LogP contribution in [0.25, 0.3) is 6.08 Å². The van der Waals surface area contributed by atoms with Gasteiger partial charge in [0.1, 0.15) is 18.1 Å². The van der Waals surface area contributed by atoms with E-state index in [1.165, 1.54) is 12.2 Å². The van der Waals surface area contributed by atoms with Crippen LogP contribution in [-0.4, -0.2) is 65.1 Å². The summed E-state index contributed by atoms with van der Waals surface area (Å²) in [6, 6.07) is 12.5. The second-order valence-corrected chi connectivity index (χ2v) is 12.0. The molecule has 0 aliphatic heterocycles. The lowest BCUT2D eigenvalue weighted by Gasteiger charge is -2.33. The van der Waals surface area contributed by atoms with Crippen LogP contribution in [0.3, 0.4) is 0 Å². The van der Waals surface area contributed by atoms with Gasteiger partial charge in [-0.3, -0.25) is 33.9 Å². The molecule has 2 rings (SSSR count). The number of aliphatic imine (C=N–C) groups is 1. The Bertz CT molecular complexity index is 1410. The SMILES string of the molecule is CC(C)C[C@H](NC(=O)[C@@H](N)CCCN=C(N)N)C(=O)N[C@H](C(=O)N(C(=O)/C=C/c1ccccc1)[C@H](C(N)=O)c1ccccc1)C(C)C. The molecule has 0 saturated carbocycles. The predicted octanol–water partition coefficient (Wildman–Crippen LogP) is 1.33. The predicted molar refractivity (Wildman–Crippen MR) is 182 cm³/mol. The van der Waals surface area contributed by atoms with E-state index in [0.717, 1.165) is 4.90 Å². The van der Waals surface area contributed by atoms with Crippen LogP contribution in [0.1, 0.15) is 64.1 Å². The molecule has 13 nitrogen and oxygen atoms in total. The largest absolute Gasteiger partial charge is 0.370 e. The molecule has 2 aromatic rings. The van der Waals surface area contributed by atoms with Crippen LogP contribution in [0, 0.1) is 11.8 Å². The molecule has 4 atom stereocenters. The number of primary amides is 1. The molecule has 0 fully saturated rings. The molecule has 0 saturated heterocycles. The van der Waals surface area contributed by atoms with E-state index >= 15 is 0 Å². The van der Waals surface area contributed by atoms with Crippen molar-refractivity contribution < 1.29 is 24.0 Å². The topological polar surface area (TPSA) is 229 Å². The molecular weight excluding hydrogens is 600 g/mol. The van der Waals surface area contributed by atoms with Gasteiger partial charge in [-0.15, -0.1) is 0 Å². The van der Waals surface area contributed by atoms with Crippen LogP contribution in [0.4, 0.5) is 0 Å². The van der Waals surface area contributed by atoms with Crippen LogP contribution in [0.5, 0.6) is 0 Å². The Balaban J connectivity index is 2.40. The van der Waals surface area contributed by atoms with Gasteiger partial charge in [0.05, 0.1) is 6.04 Å². The molecule has 0 aliphatic rings. The summed E-state index contributed by atoms with van der Waals surface area (Å²) in [5, 5.41) is 5.43. The first-order chi connectivity index (χ1) is 22.2. The van der Waals surface area contributed by atoms with E-state index in [1.807, 2.05) is 19.9 Å². The minimum absolute atomic E-state index is 0.0177. The summed E-state index contributed by atoms with van der Waals surface area (Å²) in [6.45, 7) is 7.43. The number of carbonyl (C=O) groups excluding carboxylic acids is 5. The molecule has 47 heavy (non-hydrogen) atoms. The van der Waals surface area contributed by atoms with Crippen molar-refractivity contribution in [3.8, 4) is 0 Å². The third-order valence-corrected chi connectivity index (χ3v) is 7.21. The first-order valence-electron chi connectivity index (χ1n) is 15.6. The molecule has 0 bridgehead atoms. The number of nitrogens with zero attached hydrogens (tertiary/aromatic N) is 2. The molecule has 0 heterocycles. The average Bonchev–Trinajstić information content (AvgIpc) is 3.02. The number of imide groups is 1. The number of guanidine groups is 1. The number of nitrogens with two attached hydrogens (primary N) is 4. The zero-order chi connectivity index (χ0) is 35.1. The zero-order valence-corrected chi connectivity index (χ0v) is 27.5. The van der Waals surface area contributed by atoms with Gasteiger partial charge in [0.2, 0.25) is 17.7 Å². The van der Waals surface area contributed by atoms with Crippen LogP contribution in [0.2, 0.25) is 0 Å². The highest BCUT2D eigenvalue weighted by molar-refractivity contribution is 6.08. The number of hydrogen-bond donors (Lipinski definition) is 6. The second-order valence-electron chi connectivity index (χ2n) is 12.0. The highest BCUT2D eigenvalue weighted by Gasteiger charge is 2.40. The van der Waals surface area contributed by atoms with Gasteiger partial charge in [-0.25, -0.2) is 0 Å². The molecule has 0 spiro atoms. The molecule has 0 unspecified atom stereocenters. The van der Waals surface area contributed by atoms with Gasteiger partial charge in [0.15, 0.2) is 5.96 Å². The standard InChI is InChI=1S/C34H48N8O5/c1-21(2)20-26(40-31(45)25(35)16-11-19-39-34(37)38)32(46)41-28(22(3)4)33(47)42(27(43)18-17-23-12-7-5-8-13-23)29(30(36)44)24-14-9-6-10-15-24/h5-10,12-15,17-18,21-22,25-26,28-29H,11,16,19-20,35H2,1-4H3,(H2,36,44)(H,40,45)(H,41,46)(H4,37,38,39)/b18-17+/t25-,26-,28-,29-/m0/s1. The van der Waals surface area contributed by atoms with Crippen LogP contribution >= 0.6 is 0 Å². The molecule has 5 amide bonds. The van der Waals surface area contributed by atoms with Crippen molar-refractivity contribution in [2.24, 2.45) is 39.8 Å². The lowest BCUT2D eigenvalue weighted by molar-refractivity contribution is -0.152. The highest BCUT2D eigenvalue weighted by Crippen LogP contribution is 2.24. The molecule has 0 aliphatic carbocycles. The van der Waals surface area contributed by atoms with Crippen molar-refractivity contribution in [1.82, 2.24) is 15.5 Å². The molecule has 10 N–H and O–H groups in total. The van der Waals surface area contributed by atoms with E-state index in [9.17, 15) is 24.0 Å². The van der Waals surface area contributed by atoms with Gasteiger partial charge in [-0.05, 0) is 48.3 Å². The van der Waals surface area contributed by atoms with Crippen molar-refractivity contribution in [3.63, 3.8) is 0 Å². The van der Waals surface area contributed by atoms with Gasteiger partial charge in [0.25, 0.3) is 11.8 Å². The third-order valence-electron chi connectivity index (χ3n) is 7.21. The number of amides is 5. The maximum atomic E-state index is 14.3. The quantitative estimate of drug-likeness (QED) is 0.0633. The maximum Gasteiger partial charge on any atom is 0.254 e. The Morgan fingerprint density at radius 1 is 0.851 bits per heavy atom. The molecule has 2 aromatic carbocycles. The summed E-state index contributed by atoms with van der Waals surface area (Å²) >= 11 is 0. The third kappa shape index (κ3) is 12.3. The zero-order valence-electron chi connectivity index (χ0n) is 27.5. The van der Waals surface area contributed by atoms with E-state index in [2.05, 4.69) is 15.6 Å². The maximum absolute atomic E-state index is 14.3. The normalized spacial score (nSPS) is 13.8. The molecule has 13 heteroatoms. The smallest absolute Gasteiger partial charge is 0.254 e. The van der Waals surface area contributed by atoms with E-state index in [0.29, 0.717) is 24.1 Å². The lowest BCUT2D eigenvalue weighted by Crippen LogP contribution is -2.59. The van der Waals surface area contributed by atoms with Crippen molar-refractivity contribution in [1.29, 1.82) is 0 Å². The second kappa shape index (κ2) is 18.8. The Morgan fingerprint density at radius 2 is 1.45 bits per heavy atom. The van der Waals surface area contributed by atoms with Crippen LogP contribution < -0.4 is 33.6 Å². The van der Waals surface area contributed by atoms with Gasteiger partial charge in [-0.1, -0.05) is 88.4 Å². The summed E-state index contributed by atoms with van der Waals surface area (Å²) in [6.07, 6.45) is 3.66. The van der Waals surface area contributed by atoms with Gasteiger partial charge < -0.3 is 33.6 Å². The van der Waals surface area contributed by atoms with E-state index in [1.54, 1.807) is 68.4 Å². The summed E-state index contributed by atoms with van der Waals surface area (Å²) in [7, 11) is 0. The molecular formula is C34H48N8O5. The van der Waals surface area contributed by atoms with E-state index < -0.39 is 59.6 Å². The minimum Gasteiger partial charge on any atom is -0.370 e. The molecule has 0 aromatic heterocycles. The number of hydrogen-bond acceptors (Lipinski definition) is 7. The molecule has 254 valence electrons. The first-order valence-corrected chi connectivity index (χ1v) is 15.6. The molecule has 0 radical (unpaired) electrons. The van der Waals surface area contributed by atoms with Crippen molar-refractivity contribution in [3.05, 3.63) is 77.9 Å². The fraction of sp³-hybridized carbons (Fsp3) is 0.412. The fourth-order valence-corrected chi connectivity index (χ4v) is 4.80. The van der Waals surface area contributed by atoms with Crippen LogP contribution in [-0.2, 0) is 24.0 Å². The van der Waals surface area contributed by atoms with Gasteiger partial charge >= 0.3 is 0 Å². The number of benzene rings is 2. The first kappa shape index (κ1) is 38.1.